The van der Waals surface area contributed by atoms with Crippen LogP contribution in [0.2, 0.25) is 0 Å². The summed E-state index contributed by atoms with van der Waals surface area (Å²) in [5, 5.41) is 4.35. The summed E-state index contributed by atoms with van der Waals surface area (Å²) in [6.45, 7) is 0. The van der Waals surface area contributed by atoms with Gasteiger partial charge >= 0.3 is 17.1 Å². The quantitative estimate of drug-likeness (QED) is 0.350. The van der Waals surface area contributed by atoms with Gasteiger partial charge in [-0.05, 0) is 24.5 Å². The van der Waals surface area contributed by atoms with Crippen molar-refractivity contribution >= 4 is 51.0 Å². The van der Waals surface area contributed by atoms with Gasteiger partial charge < -0.3 is 0 Å². The molecule has 0 atom stereocenters. The van der Waals surface area contributed by atoms with E-state index >= 15 is 0 Å². The number of thioether (sulfide) groups is 1. The fraction of sp³-hybridized carbons (Fsp3) is 0.0769. The van der Waals surface area contributed by atoms with Crippen molar-refractivity contribution in [2.75, 3.05) is 6.26 Å². The topological polar surface area (TPSA) is 51.4 Å². The van der Waals surface area contributed by atoms with E-state index in [1.807, 2.05) is 48.9 Å². The molecule has 114 valence electrons. The minimum atomic E-state index is 0. The molecule has 2 heterocycles. The largest absolute Gasteiger partial charge is 1.00 e. The maximum absolute atomic E-state index is 5.09. The van der Waals surface area contributed by atoms with Crippen molar-refractivity contribution in [1.82, 2.24) is 10.4 Å². The molecule has 0 fully saturated rings. The fourth-order valence-corrected chi connectivity index (χ4v) is 1.63. The predicted octanol–water partition coefficient (Wildman–Crippen LogP) is 2.46. The van der Waals surface area contributed by atoms with Crippen molar-refractivity contribution in [3.63, 3.8) is 0 Å². The smallest absolute Gasteiger partial charge is 0.261 e. The Morgan fingerprint density at radius 3 is 2.62 bits per heavy atom. The number of pyridine rings is 2. The first kappa shape index (κ1) is 20.2. The van der Waals surface area contributed by atoms with Crippen LogP contribution in [0.3, 0.4) is 0 Å². The summed E-state index contributed by atoms with van der Waals surface area (Å²) in [6.07, 6.45) is 5.49. The fourth-order valence-electron chi connectivity index (χ4n) is 1.45. The molecular formula is C13H14BrCuN4S2+2. The van der Waals surface area contributed by atoms with Crippen LogP contribution in [-0.2, 0) is 17.1 Å². The van der Waals surface area contributed by atoms with Gasteiger partial charge in [0.2, 0.25) is 5.69 Å². The van der Waals surface area contributed by atoms with E-state index in [0.29, 0.717) is 4.32 Å². The van der Waals surface area contributed by atoms with Gasteiger partial charge in [-0.3, -0.25) is 10.4 Å². The number of hydrogen-bond acceptors (Lipinski definition) is 4. The second-order valence-corrected chi connectivity index (χ2v) is 5.04. The molecule has 0 spiro atoms. The van der Waals surface area contributed by atoms with E-state index in [9.17, 15) is 0 Å². The van der Waals surface area contributed by atoms with Crippen molar-refractivity contribution in [3.8, 4) is 0 Å². The second-order valence-electron chi connectivity index (χ2n) is 3.56. The van der Waals surface area contributed by atoms with E-state index in [0.717, 1.165) is 17.1 Å². The van der Waals surface area contributed by atoms with E-state index < -0.39 is 0 Å². The molecule has 2 N–H and O–H groups in total. The van der Waals surface area contributed by atoms with Crippen LogP contribution in [0.25, 0.3) is 0 Å². The zero-order valence-corrected chi connectivity index (χ0v) is 15.3. The molecule has 2 rings (SSSR count). The summed E-state index contributed by atoms with van der Waals surface area (Å²) < 4.78 is 0.615. The van der Waals surface area contributed by atoms with E-state index in [1.165, 1.54) is 11.8 Å². The van der Waals surface area contributed by atoms with E-state index in [1.54, 1.807) is 6.20 Å². The number of aromatic amines is 1. The van der Waals surface area contributed by atoms with Crippen molar-refractivity contribution < 1.29 is 22.1 Å². The Morgan fingerprint density at radius 2 is 2.05 bits per heavy atom. The SMILES string of the molecule is Br.CSC(=S)NN=C(c1ccccn1)c1cccc[nH+]1.[Cu+]. The number of hydrazone groups is 1. The molecule has 0 bridgehead atoms. The summed E-state index contributed by atoms with van der Waals surface area (Å²) >= 11 is 6.53. The Morgan fingerprint density at radius 1 is 1.29 bits per heavy atom. The molecule has 0 unspecified atom stereocenters. The molecule has 0 aliphatic rings. The van der Waals surface area contributed by atoms with Crippen LogP contribution in [-0.4, -0.2) is 21.3 Å². The summed E-state index contributed by atoms with van der Waals surface area (Å²) in [4.78, 5) is 7.47. The van der Waals surface area contributed by atoms with Gasteiger partial charge in [-0.15, -0.1) is 17.0 Å². The third-order valence-electron chi connectivity index (χ3n) is 2.32. The van der Waals surface area contributed by atoms with Crippen LogP contribution in [0, 0.1) is 0 Å². The summed E-state index contributed by atoms with van der Waals surface area (Å²) in [6, 6.07) is 11.5. The summed E-state index contributed by atoms with van der Waals surface area (Å²) in [5.41, 5.74) is 5.22. The Bertz CT molecular complexity index is 540. The zero-order chi connectivity index (χ0) is 13.5. The van der Waals surface area contributed by atoms with Crippen LogP contribution in [0.1, 0.15) is 11.4 Å². The number of H-pyrrole nitrogens is 1. The summed E-state index contributed by atoms with van der Waals surface area (Å²) in [7, 11) is 0. The molecule has 2 aromatic heterocycles. The van der Waals surface area contributed by atoms with E-state index in [4.69, 9.17) is 12.2 Å². The standard InChI is InChI=1S/C13H12N4S2.BrH.Cu/c1-19-13(18)17-16-12(10-6-2-4-8-14-10)11-7-3-5-9-15-11;;/h2-9H,1H3,(H,17,18);1H;/q;;+1/p+1. The van der Waals surface area contributed by atoms with Crippen LogP contribution < -0.4 is 10.4 Å². The molecule has 0 saturated carbocycles. The number of hydrogen-bond donors (Lipinski definition) is 1. The normalized spacial score (nSPS) is 10.0. The Labute approximate surface area is 154 Å². The third kappa shape index (κ3) is 6.23. The molecule has 0 aliphatic carbocycles. The number of thiocarbonyl (C=S) groups is 1. The Kier molecular flexibility index (Phi) is 10.5. The van der Waals surface area contributed by atoms with Crippen molar-refractivity contribution in [2.24, 2.45) is 5.10 Å². The minimum Gasteiger partial charge on any atom is -0.261 e. The minimum absolute atomic E-state index is 0. The molecular weight excluding hydrogens is 420 g/mol. The zero-order valence-electron chi connectivity index (χ0n) is 11.0. The average Bonchev–Trinajstić information content (AvgIpc) is 2.49. The molecule has 4 nitrogen and oxygen atoms in total. The van der Waals surface area contributed by atoms with Gasteiger partial charge in [0, 0.05) is 18.3 Å². The van der Waals surface area contributed by atoms with Crippen LogP contribution in [0.5, 0.6) is 0 Å². The Balaban J connectivity index is 0.00000200. The first-order chi connectivity index (χ1) is 9.31. The van der Waals surface area contributed by atoms with Crippen LogP contribution >= 0.6 is 41.0 Å². The first-order valence-corrected chi connectivity index (χ1v) is 7.24. The van der Waals surface area contributed by atoms with Gasteiger partial charge in [0.15, 0.2) is 16.2 Å². The number of nitrogens with one attached hydrogen (secondary N) is 2. The van der Waals surface area contributed by atoms with Crippen molar-refractivity contribution in [1.29, 1.82) is 0 Å². The van der Waals surface area contributed by atoms with Gasteiger partial charge in [0.05, 0.1) is 5.69 Å². The van der Waals surface area contributed by atoms with Gasteiger partial charge in [-0.2, -0.15) is 5.10 Å². The Hall–Kier alpha value is -0.791. The molecule has 2 aromatic rings. The number of nitrogens with zero attached hydrogens (tertiary/aromatic N) is 2. The maximum Gasteiger partial charge on any atom is 1.00 e. The number of rotatable bonds is 3. The van der Waals surface area contributed by atoms with Crippen LogP contribution in [0.15, 0.2) is 53.9 Å². The van der Waals surface area contributed by atoms with Crippen molar-refractivity contribution in [2.45, 2.75) is 0 Å². The first-order valence-electron chi connectivity index (χ1n) is 5.61. The molecule has 0 radical (unpaired) electrons. The molecule has 0 aliphatic heterocycles. The molecule has 0 amide bonds. The molecule has 0 aromatic carbocycles. The molecule has 0 saturated heterocycles. The maximum atomic E-state index is 5.09. The van der Waals surface area contributed by atoms with Gasteiger partial charge in [0.25, 0.3) is 0 Å². The second kappa shape index (κ2) is 10.9. The van der Waals surface area contributed by atoms with E-state index in [2.05, 4.69) is 20.5 Å². The third-order valence-corrected chi connectivity index (χ3v) is 3.37. The van der Waals surface area contributed by atoms with Crippen molar-refractivity contribution in [3.05, 3.63) is 60.2 Å². The summed E-state index contributed by atoms with van der Waals surface area (Å²) in [5.74, 6) is 0. The van der Waals surface area contributed by atoms with Gasteiger partial charge in [0.1, 0.15) is 0 Å². The number of aromatic nitrogens is 2. The van der Waals surface area contributed by atoms with Gasteiger partial charge in [-0.25, -0.2) is 4.98 Å². The van der Waals surface area contributed by atoms with Crippen LogP contribution in [0.4, 0.5) is 0 Å². The average molecular weight is 434 g/mol. The monoisotopic (exact) mass is 432 g/mol. The molecule has 8 heteroatoms. The van der Waals surface area contributed by atoms with E-state index in [-0.39, 0.29) is 34.1 Å². The predicted molar refractivity (Wildman–Crippen MR) is 92.4 cm³/mol. The number of halogens is 1. The van der Waals surface area contributed by atoms with Gasteiger partial charge in [-0.1, -0.05) is 30.0 Å². The molecule has 21 heavy (non-hydrogen) atoms.